The van der Waals surface area contributed by atoms with Crippen molar-refractivity contribution < 1.29 is 8.42 Å². The number of rotatable bonds is 7. The number of likely N-dealkylation sites (tertiary alicyclic amines) is 1. The molecule has 1 saturated heterocycles. The van der Waals surface area contributed by atoms with Gasteiger partial charge < -0.3 is 10.2 Å². The number of nitrogens with one attached hydrogen (secondary N) is 1. The van der Waals surface area contributed by atoms with Gasteiger partial charge in [0.05, 0.1) is 5.75 Å². The van der Waals surface area contributed by atoms with Crippen LogP contribution in [0.4, 0.5) is 0 Å². The van der Waals surface area contributed by atoms with E-state index in [0.717, 1.165) is 32.0 Å². The van der Waals surface area contributed by atoms with Gasteiger partial charge in [-0.15, -0.1) is 0 Å². The largest absolute Gasteiger partial charge is 0.357 e. The van der Waals surface area contributed by atoms with Crippen LogP contribution in [-0.4, -0.2) is 69.1 Å². The van der Waals surface area contributed by atoms with Crippen LogP contribution in [0.25, 0.3) is 0 Å². The Balaban J connectivity index is 2.40. The minimum atomic E-state index is -3.07. The van der Waals surface area contributed by atoms with Crippen LogP contribution < -0.4 is 5.32 Å². The Morgan fingerprint density at radius 2 is 1.95 bits per heavy atom. The minimum absolute atomic E-state index is 0.156. The third kappa shape index (κ3) is 5.28. The molecule has 20 heavy (non-hydrogen) atoms. The molecular weight excluding hydrogens is 276 g/mol. The van der Waals surface area contributed by atoms with Crippen LogP contribution >= 0.6 is 0 Å². The quantitative estimate of drug-likeness (QED) is 0.428. The van der Waals surface area contributed by atoms with Crippen molar-refractivity contribution in [2.45, 2.75) is 33.1 Å². The Morgan fingerprint density at radius 1 is 1.30 bits per heavy atom. The topological polar surface area (TPSA) is 65.0 Å². The third-order valence-electron chi connectivity index (χ3n) is 3.47. The molecule has 1 aliphatic rings. The summed E-state index contributed by atoms with van der Waals surface area (Å²) >= 11 is 0. The van der Waals surface area contributed by atoms with Gasteiger partial charge in [0.25, 0.3) is 0 Å². The highest BCUT2D eigenvalue weighted by molar-refractivity contribution is 7.89. The van der Waals surface area contributed by atoms with Crippen molar-refractivity contribution in [3.8, 4) is 0 Å². The summed E-state index contributed by atoms with van der Waals surface area (Å²) in [6, 6.07) is 0. The molecule has 0 atom stereocenters. The predicted octanol–water partition coefficient (Wildman–Crippen LogP) is 0.719. The highest BCUT2D eigenvalue weighted by Gasteiger charge is 2.16. The van der Waals surface area contributed by atoms with Crippen molar-refractivity contribution in [3.63, 3.8) is 0 Å². The van der Waals surface area contributed by atoms with Crippen molar-refractivity contribution in [3.05, 3.63) is 0 Å². The first kappa shape index (κ1) is 17.2. The summed E-state index contributed by atoms with van der Waals surface area (Å²) in [4.78, 5) is 6.86. The van der Waals surface area contributed by atoms with Gasteiger partial charge in [-0.2, -0.15) is 0 Å². The first-order chi connectivity index (χ1) is 9.51. The fourth-order valence-electron chi connectivity index (χ4n) is 2.19. The summed E-state index contributed by atoms with van der Waals surface area (Å²) < 4.78 is 24.6. The van der Waals surface area contributed by atoms with Crippen LogP contribution in [0, 0.1) is 0 Å². The second kappa shape index (κ2) is 8.46. The van der Waals surface area contributed by atoms with Gasteiger partial charge in [-0.05, 0) is 33.1 Å². The fraction of sp³-hybridized carbons (Fsp3) is 0.923. The zero-order valence-corrected chi connectivity index (χ0v) is 13.7. The molecule has 0 spiro atoms. The molecule has 118 valence electrons. The van der Waals surface area contributed by atoms with Crippen LogP contribution in [0.15, 0.2) is 4.99 Å². The smallest absolute Gasteiger partial charge is 0.213 e. The maximum atomic E-state index is 11.6. The highest BCUT2D eigenvalue weighted by Crippen LogP contribution is 2.07. The molecule has 0 saturated carbocycles. The van der Waals surface area contributed by atoms with E-state index in [9.17, 15) is 8.42 Å². The van der Waals surface area contributed by atoms with Gasteiger partial charge in [0.2, 0.25) is 10.0 Å². The van der Waals surface area contributed by atoms with E-state index in [4.69, 9.17) is 0 Å². The van der Waals surface area contributed by atoms with Crippen molar-refractivity contribution in [1.29, 1.82) is 0 Å². The minimum Gasteiger partial charge on any atom is -0.357 e. The summed E-state index contributed by atoms with van der Waals surface area (Å²) in [5.41, 5.74) is 0. The molecule has 1 heterocycles. The summed E-state index contributed by atoms with van der Waals surface area (Å²) in [6.45, 7) is 7.90. The van der Waals surface area contributed by atoms with E-state index in [1.165, 1.54) is 17.1 Å². The maximum absolute atomic E-state index is 11.6. The van der Waals surface area contributed by atoms with Gasteiger partial charge in [0, 0.05) is 39.8 Å². The lowest BCUT2D eigenvalue weighted by Gasteiger charge is -2.21. The molecule has 0 bridgehead atoms. The molecule has 1 fully saturated rings. The van der Waals surface area contributed by atoms with Gasteiger partial charge in [0.15, 0.2) is 5.96 Å². The molecular formula is C13H28N4O2S. The summed E-state index contributed by atoms with van der Waals surface area (Å²) in [7, 11) is -1.43. The lowest BCUT2D eigenvalue weighted by molar-refractivity contribution is 0.461. The summed E-state index contributed by atoms with van der Waals surface area (Å²) in [6.07, 6.45) is 3.20. The lowest BCUT2D eigenvalue weighted by Crippen LogP contribution is -2.39. The molecule has 1 N–H and O–H groups in total. The Bertz CT molecular complexity index is 403. The molecule has 0 radical (unpaired) electrons. The normalized spacial score (nSPS) is 17.0. The number of sulfonamides is 1. The van der Waals surface area contributed by atoms with Crippen molar-refractivity contribution in [2.75, 3.05) is 45.5 Å². The highest BCUT2D eigenvalue weighted by atomic mass is 32.2. The van der Waals surface area contributed by atoms with Crippen molar-refractivity contribution >= 4 is 16.0 Å². The van der Waals surface area contributed by atoms with E-state index < -0.39 is 10.0 Å². The number of hydrogen-bond acceptors (Lipinski definition) is 3. The summed E-state index contributed by atoms with van der Waals surface area (Å²) in [5.74, 6) is 1.12. The Kier molecular flexibility index (Phi) is 7.29. The average molecular weight is 304 g/mol. The molecule has 1 rings (SSSR count). The van der Waals surface area contributed by atoms with Crippen LogP contribution in [0.1, 0.15) is 33.1 Å². The molecule has 0 amide bonds. The van der Waals surface area contributed by atoms with E-state index in [0.29, 0.717) is 13.1 Å². The van der Waals surface area contributed by atoms with Gasteiger partial charge in [-0.1, -0.05) is 0 Å². The van der Waals surface area contributed by atoms with E-state index in [2.05, 4.69) is 22.1 Å². The molecule has 6 nitrogen and oxygen atoms in total. The van der Waals surface area contributed by atoms with E-state index in [-0.39, 0.29) is 5.75 Å². The second-order valence-electron chi connectivity index (χ2n) is 5.01. The van der Waals surface area contributed by atoms with Crippen molar-refractivity contribution in [1.82, 2.24) is 14.5 Å². The van der Waals surface area contributed by atoms with Gasteiger partial charge in [0.1, 0.15) is 0 Å². The summed E-state index contributed by atoms with van der Waals surface area (Å²) in [5, 5.41) is 3.30. The van der Waals surface area contributed by atoms with E-state index in [1.54, 1.807) is 14.0 Å². The SMILES string of the molecule is CCNC(=NCCCN(C)S(=O)(=O)CC)N1CCCC1. The molecule has 7 heteroatoms. The fourth-order valence-corrected chi connectivity index (χ4v) is 3.04. The Morgan fingerprint density at radius 3 is 2.50 bits per heavy atom. The monoisotopic (exact) mass is 304 g/mol. The zero-order chi connectivity index (χ0) is 15.0. The third-order valence-corrected chi connectivity index (χ3v) is 5.33. The molecule has 0 aromatic heterocycles. The van der Waals surface area contributed by atoms with Gasteiger partial charge >= 0.3 is 0 Å². The predicted molar refractivity (Wildman–Crippen MR) is 83.5 cm³/mol. The Labute approximate surface area is 123 Å². The van der Waals surface area contributed by atoms with Crippen molar-refractivity contribution in [2.24, 2.45) is 4.99 Å². The maximum Gasteiger partial charge on any atom is 0.213 e. The number of hydrogen-bond donors (Lipinski definition) is 1. The van der Waals surface area contributed by atoms with E-state index >= 15 is 0 Å². The van der Waals surface area contributed by atoms with Crippen LogP contribution in [-0.2, 0) is 10.0 Å². The zero-order valence-electron chi connectivity index (χ0n) is 12.9. The van der Waals surface area contributed by atoms with Crippen LogP contribution in [0.2, 0.25) is 0 Å². The Hall–Kier alpha value is -0.820. The first-order valence-electron chi connectivity index (χ1n) is 7.48. The number of guanidine groups is 1. The number of aliphatic imine (C=N–C) groups is 1. The molecule has 0 unspecified atom stereocenters. The first-order valence-corrected chi connectivity index (χ1v) is 9.09. The number of nitrogens with zero attached hydrogens (tertiary/aromatic N) is 3. The van der Waals surface area contributed by atoms with Crippen LogP contribution in [0.3, 0.4) is 0 Å². The molecule has 0 aliphatic carbocycles. The molecule has 1 aliphatic heterocycles. The second-order valence-corrected chi connectivity index (χ2v) is 7.37. The average Bonchev–Trinajstić information content (AvgIpc) is 2.95. The van der Waals surface area contributed by atoms with Gasteiger partial charge in [-0.3, -0.25) is 4.99 Å². The molecule has 0 aromatic carbocycles. The lowest BCUT2D eigenvalue weighted by atomic mass is 10.4. The standard InChI is InChI=1S/C13H28N4O2S/c1-4-14-13(17-11-6-7-12-17)15-9-8-10-16(3)20(18,19)5-2/h4-12H2,1-3H3,(H,14,15). The van der Waals surface area contributed by atoms with E-state index in [1.807, 2.05) is 0 Å². The van der Waals surface area contributed by atoms with Crippen LogP contribution in [0.5, 0.6) is 0 Å². The molecule has 0 aromatic rings. The van der Waals surface area contributed by atoms with Gasteiger partial charge in [-0.25, -0.2) is 12.7 Å².